The number of nitrogen functional groups attached to an aromatic ring is 1. The summed E-state index contributed by atoms with van der Waals surface area (Å²) in [6.45, 7) is 8.71. The molecule has 0 amide bonds. The normalized spacial score (nSPS) is 13.9. The Morgan fingerprint density at radius 1 is 1.07 bits per heavy atom. The average molecular weight is 419 g/mol. The number of nitrogens with two attached hydrogens (primary N) is 1. The maximum Gasteiger partial charge on any atom is 0.324 e. The SMILES string of the molecule is CC(C)[C@H](NS(=O)(=O)c1ccc2c(c1)oc1cc(N)ccc12)C(=O)OC(C)(C)C. The Bertz CT molecular complexity index is 1170. The number of anilines is 1. The lowest BCUT2D eigenvalue weighted by atomic mass is 10.1. The minimum atomic E-state index is -3.98. The van der Waals surface area contributed by atoms with Crippen LogP contribution in [0.25, 0.3) is 21.9 Å². The first-order valence-electron chi connectivity index (χ1n) is 9.34. The quantitative estimate of drug-likeness (QED) is 0.481. The molecule has 0 radical (unpaired) electrons. The molecule has 8 heteroatoms. The van der Waals surface area contributed by atoms with E-state index in [0.29, 0.717) is 16.9 Å². The van der Waals surface area contributed by atoms with Crippen molar-refractivity contribution < 1.29 is 22.4 Å². The van der Waals surface area contributed by atoms with Crippen molar-refractivity contribution in [1.29, 1.82) is 0 Å². The van der Waals surface area contributed by atoms with E-state index in [1.54, 1.807) is 52.8 Å². The van der Waals surface area contributed by atoms with Gasteiger partial charge < -0.3 is 14.9 Å². The standard InChI is InChI=1S/C21H26N2O5S/c1-12(2)19(20(24)28-21(3,4)5)23-29(25,26)14-7-9-16-15-8-6-13(22)10-17(15)27-18(16)11-14/h6-12,19,23H,22H2,1-5H3/t19-/m0/s1. The molecule has 0 unspecified atom stereocenters. The smallest absolute Gasteiger partial charge is 0.324 e. The first-order chi connectivity index (χ1) is 13.4. The van der Waals surface area contributed by atoms with Crippen LogP contribution in [0.15, 0.2) is 45.7 Å². The first-order valence-corrected chi connectivity index (χ1v) is 10.8. The van der Waals surface area contributed by atoms with Crippen molar-refractivity contribution >= 4 is 43.6 Å². The molecule has 1 atom stereocenters. The molecule has 0 saturated heterocycles. The number of nitrogens with one attached hydrogen (secondary N) is 1. The van der Waals surface area contributed by atoms with Gasteiger partial charge in [-0.15, -0.1) is 0 Å². The molecular weight excluding hydrogens is 392 g/mol. The van der Waals surface area contributed by atoms with Gasteiger partial charge in [-0.2, -0.15) is 4.72 Å². The molecule has 0 spiro atoms. The summed E-state index contributed by atoms with van der Waals surface area (Å²) in [5, 5.41) is 1.63. The van der Waals surface area contributed by atoms with Gasteiger partial charge in [0.1, 0.15) is 22.8 Å². The third-order valence-corrected chi connectivity index (χ3v) is 5.83. The first kappa shape index (κ1) is 21.1. The Hall–Kier alpha value is -2.58. The highest BCUT2D eigenvalue weighted by molar-refractivity contribution is 7.89. The number of carbonyl (C=O) groups excluding carboxylic acids is 1. The summed E-state index contributed by atoms with van der Waals surface area (Å²) in [7, 11) is -3.98. The van der Waals surface area contributed by atoms with Crippen molar-refractivity contribution in [2.45, 2.75) is 51.2 Å². The molecule has 3 rings (SSSR count). The fourth-order valence-corrected chi connectivity index (χ4v) is 4.35. The van der Waals surface area contributed by atoms with Gasteiger partial charge >= 0.3 is 5.97 Å². The number of benzene rings is 2. The van der Waals surface area contributed by atoms with Crippen molar-refractivity contribution in [3.8, 4) is 0 Å². The van der Waals surface area contributed by atoms with Crippen LogP contribution in [-0.2, 0) is 19.6 Å². The highest BCUT2D eigenvalue weighted by Crippen LogP contribution is 2.31. The largest absolute Gasteiger partial charge is 0.459 e. The van der Waals surface area contributed by atoms with Gasteiger partial charge in [0.05, 0.1) is 4.90 Å². The van der Waals surface area contributed by atoms with Crippen LogP contribution in [-0.4, -0.2) is 26.0 Å². The topological polar surface area (TPSA) is 112 Å². The highest BCUT2D eigenvalue weighted by Gasteiger charge is 2.32. The van der Waals surface area contributed by atoms with Crippen LogP contribution in [0.3, 0.4) is 0 Å². The predicted molar refractivity (Wildman–Crippen MR) is 113 cm³/mol. The van der Waals surface area contributed by atoms with Crippen molar-refractivity contribution in [2.24, 2.45) is 5.92 Å². The van der Waals surface area contributed by atoms with Gasteiger partial charge in [0.25, 0.3) is 0 Å². The van der Waals surface area contributed by atoms with Crippen LogP contribution < -0.4 is 10.5 Å². The average Bonchev–Trinajstić information content (AvgIpc) is 2.94. The summed E-state index contributed by atoms with van der Waals surface area (Å²) >= 11 is 0. The number of rotatable bonds is 5. The second-order valence-electron chi connectivity index (χ2n) is 8.39. The lowest BCUT2D eigenvalue weighted by Gasteiger charge is -2.26. The fourth-order valence-electron chi connectivity index (χ4n) is 3.00. The van der Waals surface area contributed by atoms with Crippen molar-refractivity contribution in [2.75, 3.05) is 5.73 Å². The Labute approximate surface area is 170 Å². The summed E-state index contributed by atoms with van der Waals surface area (Å²) < 4.78 is 39.5. The summed E-state index contributed by atoms with van der Waals surface area (Å²) in [4.78, 5) is 12.5. The zero-order valence-corrected chi connectivity index (χ0v) is 18.0. The number of carbonyl (C=O) groups is 1. The third kappa shape index (κ3) is 4.54. The molecule has 1 heterocycles. The number of hydrogen-bond acceptors (Lipinski definition) is 6. The summed E-state index contributed by atoms with van der Waals surface area (Å²) in [6, 6.07) is 8.90. The molecule has 3 N–H and O–H groups in total. The zero-order valence-electron chi connectivity index (χ0n) is 17.1. The molecular formula is C21H26N2O5S. The van der Waals surface area contributed by atoms with Gasteiger partial charge in [-0.05, 0) is 51.0 Å². The van der Waals surface area contributed by atoms with Crippen LogP contribution in [0.4, 0.5) is 5.69 Å². The Morgan fingerprint density at radius 2 is 1.66 bits per heavy atom. The summed E-state index contributed by atoms with van der Waals surface area (Å²) in [5.74, 6) is -0.908. The van der Waals surface area contributed by atoms with E-state index in [1.807, 2.05) is 6.07 Å². The molecule has 1 aromatic heterocycles. The molecule has 0 saturated carbocycles. The van der Waals surface area contributed by atoms with Gasteiger partial charge in [0.15, 0.2) is 0 Å². The van der Waals surface area contributed by atoms with Gasteiger partial charge in [-0.1, -0.05) is 13.8 Å². The number of furan rings is 1. The molecule has 0 aliphatic carbocycles. The number of hydrogen-bond donors (Lipinski definition) is 2. The molecule has 0 bridgehead atoms. The van der Waals surface area contributed by atoms with Crippen LogP contribution in [0.1, 0.15) is 34.6 Å². The zero-order chi connectivity index (χ0) is 21.6. The third-order valence-electron chi connectivity index (χ3n) is 4.39. The Morgan fingerprint density at radius 3 is 2.24 bits per heavy atom. The van der Waals surface area contributed by atoms with Crippen molar-refractivity contribution in [3.05, 3.63) is 36.4 Å². The highest BCUT2D eigenvalue weighted by atomic mass is 32.2. The van der Waals surface area contributed by atoms with E-state index in [0.717, 1.165) is 10.8 Å². The molecule has 0 aliphatic heterocycles. The monoisotopic (exact) mass is 418 g/mol. The van der Waals surface area contributed by atoms with Gasteiger partial charge in [-0.3, -0.25) is 4.79 Å². The maximum absolute atomic E-state index is 12.9. The van der Waals surface area contributed by atoms with Crippen LogP contribution >= 0.6 is 0 Å². The lowest BCUT2D eigenvalue weighted by Crippen LogP contribution is -2.47. The van der Waals surface area contributed by atoms with E-state index in [1.165, 1.54) is 12.1 Å². The van der Waals surface area contributed by atoms with Gasteiger partial charge in [0, 0.05) is 28.6 Å². The van der Waals surface area contributed by atoms with Crippen LogP contribution in [0.5, 0.6) is 0 Å². The molecule has 7 nitrogen and oxygen atoms in total. The minimum absolute atomic E-state index is 0.00577. The van der Waals surface area contributed by atoms with E-state index >= 15 is 0 Å². The lowest BCUT2D eigenvalue weighted by molar-refractivity contribution is -0.158. The number of esters is 1. The molecule has 0 fully saturated rings. The molecule has 29 heavy (non-hydrogen) atoms. The molecule has 3 aromatic rings. The van der Waals surface area contributed by atoms with Crippen LogP contribution in [0.2, 0.25) is 0 Å². The van der Waals surface area contributed by atoms with E-state index < -0.39 is 27.6 Å². The summed E-state index contributed by atoms with van der Waals surface area (Å²) in [6.07, 6.45) is 0. The van der Waals surface area contributed by atoms with Crippen molar-refractivity contribution in [3.63, 3.8) is 0 Å². The number of sulfonamides is 1. The minimum Gasteiger partial charge on any atom is -0.459 e. The van der Waals surface area contributed by atoms with E-state index in [2.05, 4.69) is 4.72 Å². The summed E-state index contributed by atoms with van der Waals surface area (Å²) in [5.41, 5.74) is 6.63. The Kier molecular flexibility index (Phi) is 5.36. The second kappa shape index (κ2) is 7.35. The van der Waals surface area contributed by atoms with E-state index in [4.69, 9.17) is 14.9 Å². The van der Waals surface area contributed by atoms with E-state index in [9.17, 15) is 13.2 Å². The molecule has 0 aliphatic rings. The van der Waals surface area contributed by atoms with Crippen molar-refractivity contribution in [1.82, 2.24) is 4.72 Å². The molecule has 156 valence electrons. The fraction of sp³-hybridized carbons (Fsp3) is 0.381. The number of ether oxygens (including phenoxy) is 1. The molecule has 2 aromatic carbocycles. The van der Waals surface area contributed by atoms with Crippen LogP contribution in [0, 0.1) is 5.92 Å². The van der Waals surface area contributed by atoms with Gasteiger partial charge in [-0.25, -0.2) is 8.42 Å². The Balaban J connectivity index is 1.96. The maximum atomic E-state index is 12.9. The van der Waals surface area contributed by atoms with Gasteiger partial charge in [0.2, 0.25) is 10.0 Å². The van der Waals surface area contributed by atoms with E-state index in [-0.39, 0.29) is 10.8 Å². The number of fused-ring (bicyclic) bond motifs is 3. The second-order valence-corrected chi connectivity index (χ2v) is 10.1. The predicted octanol–water partition coefficient (Wildman–Crippen LogP) is 3.81.